The highest BCUT2D eigenvalue weighted by Crippen LogP contribution is 2.43. The van der Waals surface area contributed by atoms with Crippen LogP contribution in [0.5, 0.6) is 0 Å². The number of nitrogens with zero attached hydrogens (tertiary/aromatic N) is 2. The van der Waals surface area contributed by atoms with Gasteiger partial charge in [0.25, 0.3) is 0 Å². The molecule has 1 aliphatic carbocycles. The van der Waals surface area contributed by atoms with E-state index < -0.39 is 11.4 Å². The minimum absolute atomic E-state index is 0.489. The Labute approximate surface area is 125 Å². The summed E-state index contributed by atoms with van der Waals surface area (Å²) in [6.45, 7) is 6.78. The van der Waals surface area contributed by atoms with Crippen LogP contribution in [0.4, 0.5) is 0 Å². The number of aromatic nitrogens is 2. The van der Waals surface area contributed by atoms with E-state index in [-0.39, 0.29) is 0 Å². The maximum Gasteiger partial charge on any atom is 0.310 e. The van der Waals surface area contributed by atoms with Gasteiger partial charge in [-0.05, 0) is 45.4 Å². The highest BCUT2D eigenvalue weighted by atomic mass is 35.5. The van der Waals surface area contributed by atoms with Crippen LogP contribution in [0, 0.1) is 18.3 Å². The molecule has 1 saturated carbocycles. The van der Waals surface area contributed by atoms with E-state index in [1.54, 1.807) is 0 Å². The highest BCUT2D eigenvalue weighted by molar-refractivity contribution is 6.31. The van der Waals surface area contributed by atoms with Gasteiger partial charge in [0.15, 0.2) is 0 Å². The lowest BCUT2D eigenvalue weighted by Gasteiger charge is -2.36. The summed E-state index contributed by atoms with van der Waals surface area (Å²) in [6, 6.07) is 0. The maximum atomic E-state index is 11.8. The molecule has 0 spiro atoms. The zero-order valence-corrected chi connectivity index (χ0v) is 13.2. The molecule has 1 heterocycles. The first-order valence-corrected chi connectivity index (χ1v) is 7.72. The molecular weight excluding hydrogens is 276 g/mol. The van der Waals surface area contributed by atoms with Gasteiger partial charge in [0, 0.05) is 13.0 Å². The lowest BCUT2D eigenvalue weighted by Crippen LogP contribution is -2.37. The average Bonchev–Trinajstić information content (AvgIpc) is 2.69. The molecule has 0 amide bonds. The molecule has 4 nitrogen and oxygen atoms in total. The van der Waals surface area contributed by atoms with Crippen molar-refractivity contribution in [3.05, 3.63) is 16.4 Å². The van der Waals surface area contributed by atoms with Crippen molar-refractivity contribution in [2.24, 2.45) is 11.3 Å². The second-order valence-corrected chi connectivity index (χ2v) is 6.48. The molecular formula is C15H23ClN2O2. The second-order valence-electron chi connectivity index (χ2n) is 6.11. The molecule has 0 unspecified atom stereocenters. The summed E-state index contributed by atoms with van der Waals surface area (Å²) in [5.41, 5.74) is 0.993. The molecule has 1 aliphatic rings. The molecule has 112 valence electrons. The summed E-state index contributed by atoms with van der Waals surface area (Å²) < 4.78 is 1.85. The van der Waals surface area contributed by atoms with Crippen LogP contribution in [0.25, 0.3) is 0 Å². The van der Waals surface area contributed by atoms with Crippen molar-refractivity contribution >= 4 is 17.6 Å². The smallest absolute Gasteiger partial charge is 0.310 e. The van der Waals surface area contributed by atoms with Crippen molar-refractivity contribution < 1.29 is 9.90 Å². The Kier molecular flexibility index (Phi) is 4.43. The average molecular weight is 299 g/mol. The molecule has 1 N–H and O–H groups in total. The van der Waals surface area contributed by atoms with Crippen molar-refractivity contribution in [1.82, 2.24) is 9.78 Å². The van der Waals surface area contributed by atoms with E-state index in [1.165, 1.54) is 0 Å². The van der Waals surface area contributed by atoms with Crippen LogP contribution in [0.15, 0.2) is 0 Å². The van der Waals surface area contributed by atoms with E-state index >= 15 is 0 Å². The molecule has 0 aromatic carbocycles. The van der Waals surface area contributed by atoms with Gasteiger partial charge in [0.2, 0.25) is 0 Å². The van der Waals surface area contributed by atoms with Crippen molar-refractivity contribution in [2.45, 2.75) is 59.4 Å². The third-order valence-electron chi connectivity index (χ3n) is 4.64. The van der Waals surface area contributed by atoms with E-state index in [0.29, 0.717) is 17.4 Å². The van der Waals surface area contributed by atoms with Gasteiger partial charge in [0.1, 0.15) is 0 Å². The normalized spacial score (nSPS) is 26.7. The SMILES string of the molecule is CCn1nc(C)c(Cl)c1CC1(C(=O)O)CCC(C)CC1. The summed E-state index contributed by atoms with van der Waals surface area (Å²) in [5.74, 6) is -0.0715. The van der Waals surface area contributed by atoms with Crippen molar-refractivity contribution in [2.75, 3.05) is 0 Å². The monoisotopic (exact) mass is 298 g/mol. The number of hydrogen-bond donors (Lipinski definition) is 1. The summed E-state index contributed by atoms with van der Waals surface area (Å²) in [5, 5.41) is 14.7. The zero-order chi connectivity index (χ0) is 14.9. The third kappa shape index (κ3) is 2.71. The number of carboxylic acids is 1. The Balaban J connectivity index is 2.32. The van der Waals surface area contributed by atoms with E-state index in [1.807, 2.05) is 18.5 Å². The molecule has 20 heavy (non-hydrogen) atoms. The fourth-order valence-electron chi connectivity index (χ4n) is 3.14. The highest BCUT2D eigenvalue weighted by Gasteiger charge is 2.42. The molecule has 1 aromatic rings. The van der Waals surface area contributed by atoms with E-state index in [9.17, 15) is 9.90 Å². The van der Waals surface area contributed by atoms with Gasteiger partial charge in [-0.25, -0.2) is 0 Å². The number of rotatable bonds is 4. The molecule has 1 fully saturated rings. The summed E-state index contributed by atoms with van der Waals surface area (Å²) in [4.78, 5) is 11.8. The first-order chi connectivity index (χ1) is 9.39. The van der Waals surface area contributed by atoms with E-state index in [2.05, 4.69) is 12.0 Å². The molecule has 1 aromatic heterocycles. The molecule has 2 rings (SSSR count). The van der Waals surface area contributed by atoms with Gasteiger partial charge in [0.05, 0.1) is 21.8 Å². The van der Waals surface area contributed by atoms with Gasteiger partial charge < -0.3 is 5.11 Å². The number of hydrogen-bond acceptors (Lipinski definition) is 2. The predicted molar refractivity (Wildman–Crippen MR) is 79.1 cm³/mol. The topological polar surface area (TPSA) is 55.1 Å². The fraction of sp³-hybridized carbons (Fsp3) is 0.733. The molecule has 0 bridgehead atoms. The quantitative estimate of drug-likeness (QED) is 0.922. The lowest BCUT2D eigenvalue weighted by atomic mass is 9.68. The molecule has 0 atom stereocenters. The van der Waals surface area contributed by atoms with Crippen LogP contribution in [0.2, 0.25) is 5.02 Å². The molecule has 0 saturated heterocycles. The van der Waals surface area contributed by atoms with Crippen molar-refractivity contribution in [3.63, 3.8) is 0 Å². The van der Waals surface area contributed by atoms with Crippen LogP contribution in [-0.4, -0.2) is 20.9 Å². The van der Waals surface area contributed by atoms with Crippen LogP contribution >= 0.6 is 11.6 Å². The number of aliphatic carboxylic acids is 1. The molecule has 5 heteroatoms. The fourth-order valence-corrected chi connectivity index (χ4v) is 3.34. The minimum atomic E-state index is -0.693. The second kappa shape index (κ2) is 5.76. The van der Waals surface area contributed by atoms with Gasteiger partial charge in [-0.2, -0.15) is 5.10 Å². The zero-order valence-electron chi connectivity index (χ0n) is 12.4. The standard InChI is InChI=1S/C15H23ClN2O2/c1-4-18-12(13(16)11(3)17-18)9-15(14(19)20)7-5-10(2)6-8-15/h10H,4-9H2,1-3H3,(H,19,20). The lowest BCUT2D eigenvalue weighted by molar-refractivity contribution is -0.151. The van der Waals surface area contributed by atoms with Crippen LogP contribution in [0.1, 0.15) is 50.9 Å². The Hall–Kier alpha value is -1.03. The Morgan fingerprint density at radius 2 is 2.10 bits per heavy atom. The van der Waals surface area contributed by atoms with Crippen molar-refractivity contribution in [1.29, 1.82) is 0 Å². The van der Waals surface area contributed by atoms with Crippen LogP contribution in [0.3, 0.4) is 0 Å². The third-order valence-corrected chi connectivity index (χ3v) is 5.14. The molecule has 0 aliphatic heterocycles. The minimum Gasteiger partial charge on any atom is -0.481 e. The summed E-state index contributed by atoms with van der Waals surface area (Å²) in [6.07, 6.45) is 3.90. The number of carboxylic acid groups (broad SMARTS) is 1. The predicted octanol–water partition coefficient (Wildman–Crippen LogP) is 3.69. The Morgan fingerprint density at radius 3 is 2.60 bits per heavy atom. The number of carbonyl (C=O) groups is 1. The summed E-state index contributed by atoms with van der Waals surface area (Å²) >= 11 is 6.33. The largest absolute Gasteiger partial charge is 0.481 e. The van der Waals surface area contributed by atoms with Crippen molar-refractivity contribution in [3.8, 4) is 0 Å². The molecule has 0 radical (unpaired) electrons. The van der Waals surface area contributed by atoms with Gasteiger partial charge in [-0.15, -0.1) is 0 Å². The van der Waals surface area contributed by atoms with Gasteiger partial charge >= 0.3 is 5.97 Å². The van der Waals surface area contributed by atoms with E-state index in [0.717, 1.165) is 43.6 Å². The van der Waals surface area contributed by atoms with Crippen LogP contribution < -0.4 is 0 Å². The first kappa shape index (κ1) is 15.4. The maximum absolute atomic E-state index is 11.8. The first-order valence-electron chi connectivity index (χ1n) is 7.35. The number of aryl methyl sites for hydroxylation is 2. The van der Waals surface area contributed by atoms with Crippen LogP contribution in [-0.2, 0) is 17.8 Å². The Morgan fingerprint density at radius 1 is 1.50 bits per heavy atom. The Bertz CT molecular complexity index is 502. The van der Waals surface area contributed by atoms with E-state index in [4.69, 9.17) is 11.6 Å². The van der Waals surface area contributed by atoms with Gasteiger partial charge in [-0.1, -0.05) is 18.5 Å². The van der Waals surface area contributed by atoms with Gasteiger partial charge in [-0.3, -0.25) is 9.48 Å². The number of halogens is 1. The summed E-state index contributed by atoms with van der Waals surface area (Å²) in [7, 11) is 0.